The van der Waals surface area contributed by atoms with E-state index in [2.05, 4.69) is 15.7 Å². The van der Waals surface area contributed by atoms with Crippen molar-refractivity contribution in [2.45, 2.75) is 13.1 Å². The SMILES string of the molecule is O=C(NCc1ccco1)Nc1ccc(Cn2cccn2)cc1. The zero-order chi connectivity index (χ0) is 15.2. The van der Waals surface area contributed by atoms with Gasteiger partial charge in [0, 0.05) is 18.1 Å². The zero-order valence-electron chi connectivity index (χ0n) is 11.9. The van der Waals surface area contributed by atoms with Crippen molar-refractivity contribution >= 4 is 11.7 Å². The van der Waals surface area contributed by atoms with E-state index in [1.165, 1.54) is 0 Å². The number of nitrogens with one attached hydrogen (secondary N) is 2. The van der Waals surface area contributed by atoms with Gasteiger partial charge in [0.1, 0.15) is 5.76 Å². The Bertz CT molecular complexity index is 703. The van der Waals surface area contributed by atoms with E-state index in [-0.39, 0.29) is 6.03 Å². The van der Waals surface area contributed by atoms with Crippen LogP contribution in [0.25, 0.3) is 0 Å². The molecule has 1 aromatic carbocycles. The lowest BCUT2D eigenvalue weighted by atomic mass is 10.2. The van der Waals surface area contributed by atoms with Crippen LogP contribution in [0.15, 0.2) is 65.5 Å². The van der Waals surface area contributed by atoms with E-state index >= 15 is 0 Å². The molecule has 2 aromatic heterocycles. The van der Waals surface area contributed by atoms with Crippen LogP contribution < -0.4 is 10.6 Å². The van der Waals surface area contributed by atoms with Gasteiger partial charge < -0.3 is 15.1 Å². The fourth-order valence-corrected chi connectivity index (χ4v) is 2.03. The van der Waals surface area contributed by atoms with E-state index in [0.29, 0.717) is 18.8 Å². The van der Waals surface area contributed by atoms with Crippen molar-refractivity contribution in [3.8, 4) is 0 Å². The first kappa shape index (κ1) is 13.9. The Labute approximate surface area is 127 Å². The number of benzene rings is 1. The van der Waals surface area contributed by atoms with Gasteiger partial charge in [-0.1, -0.05) is 12.1 Å². The maximum absolute atomic E-state index is 11.8. The summed E-state index contributed by atoms with van der Waals surface area (Å²) in [5.74, 6) is 0.713. The molecule has 0 bridgehead atoms. The van der Waals surface area contributed by atoms with Crippen LogP contribution >= 0.6 is 0 Å². The van der Waals surface area contributed by atoms with E-state index < -0.39 is 0 Å². The molecule has 6 nitrogen and oxygen atoms in total. The largest absolute Gasteiger partial charge is 0.467 e. The summed E-state index contributed by atoms with van der Waals surface area (Å²) in [6.07, 6.45) is 5.24. The molecule has 2 amide bonds. The van der Waals surface area contributed by atoms with Crippen LogP contribution in [-0.4, -0.2) is 15.8 Å². The summed E-state index contributed by atoms with van der Waals surface area (Å²) in [5, 5.41) is 9.66. The molecule has 22 heavy (non-hydrogen) atoms. The van der Waals surface area contributed by atoms with Crippen molar-refractivity contribution in [1.29, 1.82) is 0 Å². The Morgan fingerprint density at radius 2 is 2.05 bits per heavy atom. The van der Waals surface area contributed by atoms with Crippen LogP contribution in [0.2, 0.25) is 0 Å². The molecule has 3 aromatic rings. The number of anilines is 1. The lowest BCUT2D eigenvalue weighted by Crippen LogP contribution is -2.27. The monoisotopic (exact) mass is 296 g/mol. The fourth-order valence-electron chi connectivity index (χ4n) is 2.03. The highest BCUT2D eigenvalue weighted by Gasteiger charge is 2.03. The van der Waals surface area contributed by atoms with Gasteiger partial charge in [-0.05, 0) is 35.9 Å². The summed E-state index contributed by atoms with van der Waals surface area (Å²) >= 11 is 0. The number of amides is 2. The molecule has 0 radical (unpaired) electrons. The van der Waals surface area contributed by atoms with Gasteiger partial charge in [0.25, 0.3) is 0 Å². The molecule has 2 N–H and O–H groups in total. The Kier molecular flexibility index (Phi) is 4.20. The van der Waals surface area contributed by atoms with Crippen molar-refractivity contribution in [3.63, 3.8) is 0 Å². The minimum absolute atomic E-state index is 0.267. The number of nitrogens with zero attached hydrogens (tertiary/aromatic N) is 2. The first-order valence-corrected chi connectivity index (χ1v) is 6.93. The van der Waals surface area contributed by atoms with E-state index in [4.69, 9.17) is 4.42 Å². The zero-order valence-corrected chi connectivity index (χ0v) is 11.9. The Hall–Kier alpha value is -3.02. The normalized spacial score (nSPS) is 10.4. The Morgan fingerprint density at radius 1 is 1.18 bits per heavy atom. The maximum atomic E-state index is 11.8. The van der Waals surface area contributed by atoms with Crippen LogP contribution in [0.3, 0.4) is 0 Å². The van der Waals surface area contributed by atoms with E-state index in [9.17, 15) is 4.79 Å². The van der Waals surface area contributed by atoms with Gasteiger partial charge in [0.2, 0.25) is 0 Å². The second kappa shape index (κ2) is 6.62. The predicted molar refractivity (Wildman–Crippen MR) is 82.3 cm³/mol. The third-order valence-corrected chi connectivity index (χ3v) is 3.12. The van der Waals surface area contributed by atoms with Crippen LogP contribution in [0.5, 0.6) is 0 Å². The fraction of sp³-hybridized carbons (Fsp3) is 0.125. The molecule has 0 saturated carbocycles. The minimum atomic E-state index is -0.267. The van der Waals surface area contributed by atoms with Gasteiger partial charge in [0.15, 0.2) is 0 Å². The first-order valence-electron chi connectivity index (χ1n) is 6.93. The van der Waals surface area contributed by atoms with Gasteiger partial charge >= 0.3 is 6.03 Å². The van der Waals surface area contributed by atoms with Gasteiger partial charge in [-0.15, -0.1) is 0 Å². The average molecular weight is 296 g/mol. The lowest BCUT2D eigenvalue weighted by Gasteiger charge is -2.08. The summed E-state index contributed by atoms with van der Waals surface area (Å²) < 4.78 is 6.99. The van der Waals surface area contributed by atoms with Crippen molar-refractivity contribution in [3.05, 3.63) is 72.4 Å². The number of aromatic nitrogens is 2. The molecule has 0 aliphatic carbocycles. The van der Waals surface area contributed by atoms with Crippen molar-refractivity contribution in [2.75, 3.05) is 5.32 Å². The highest BCUT2D eigenvalue weighted by Crippen LogP contribution is 2.10. The molecule has 0 unspecified atom stereocenters. The smallest absolute Gasteiger partial charge is 0.319 e. The van der Waals surface area contributed by atoms with Crippen molar-refractivity contribution < 1.29 is 9.21 Å². The molecule has 0 aliphatic heterocycles. The quantitative estimate of drug-likeness (QED) is 0.760. The third-order valence-electron chi connectivity index (χ3n) is 3.12. The molecule has 0 spiro atoms. The number of rotatable bonds is 5. The third kappa shape index (κ3) is 3.76. The summed E-state index contributed by atoms with van der Waals surface area (Å²) in [6, 6.07) is 12.9. The molecule has 0 fully saturated rings. The average Bonchev–Trinajstić information content (AvgIpc) is 3.20. The number of urea groups is 1. The lowest BCUT2D eigenvalue weighted by molar-refractivity contribution is 0.251. The first-order chi connectivity index (χ1) is 10.8. The van der Waals surface area contributed by atoms with Gasteiger partial charge in [-0.3, -0.25) is 4.68 Å². The van der Waals surface area contributed by atoms with Gasteiger partial charge in [-0.2, -0.15) is 5.10 Å². The highest BCUT2D eigenvalue weighted by molar-refractivity contribution is 5.89. The molecular formula is C16H16N4O2. The van der Waals surface area contributed by atoms with Crippen molar-refractivity contribution in [1.82, 2.24) is 15.1 Å². The Balaban J connectivity index is 1.51. The standard InChI is InChI=1S/C16H16N4O2/c21-16(17-11-15-3-1-10-22-15)19-14-6-4-13(5-7-14)12-20-9-2-8-18-20/h1-10H,11-12H2,(H2,17,19,21). The van der Waals surface area contributed by atoms with Crippen LogP contribution in [0, 0.1) is 0 Å². The number of hydrogen-bond acceptors (Lipinski definition) is 3. The highest BCUT2D eigenvalue weighted by atomic mass is 16.3. The van der Waals surface area contributed by atoms with E-state index in [0.717, 1.165) is 11.3 Å². The number of furan rings is 1. The molecule has 0 saturated heterocycles. The summed E-state index contributed by atoms with van der Waals surface area (Å²) in [7, 11) is 0. The van der Waals surface area contributed by atoms with E-state index in [1.54, 1.807) is 18.5 Å². The summed E-state index contributed by atoms with van der Waals surface area (Å²) in [6.45, 7) is 1.06. The topological polar surface area (TPSA) is 72.1 Å². The summed E-state index contributed by atoms with van der Waals surface area (Å²) in [4.78, 5) is 11.8. The van der Waals surface area contributed by atoms with Gasteiger partial charge in [-0.25, -0.2) is 4.79 Å². The number of hydrogen-bond donors (Lipinski definition) is 2. The second-order valence-electron chi connectivity index (χ2n) is 4.79. The Morgan fingerprint density at radius 3 is 2.73 bits per heavy atom. The maximum Gasteiger partial charge on any atom is 0.319 e. The predicted octanol–water partition coefficient (Wildman–Crippen LogP) is 2.85. The number of carbonyl (C=O) groups excluding carboxylic acids is 1. The van der Waals surface area contributed by atoms with Crippen LogP contribution in [0.1, 0.15) is 11.3 Å². The van der Waals surface area contributed by atoms with Crippen LogP contribution in [0.4, 0.5) is 10.5 Å². The van der Waals surface area contributed by atoms with E-state index in [1.807, 2.05) is 47.3 Å². The molecule has 0 atom stereocenters. The molecule has 6 heteroatoms. The second-order valence-corrected chi connectivity index (χ2v) is 4.79. The molecule has 3 rings (SSSR count). The van der Waals surface area contributed by atoms with Crippen LogP contribution in [-0.2, 0) is 13.1 Å². The molecular weight excluding hydrogens is 280 g/mol. The molecule has 2 heterocycles. The number of carbonyl (C=O) groups is 1. The molecule has 0 aliphatic rings. The summed E-state index contributed by atoms with van der Waals surface area (Å²) in [5.41, 5.74) is 1.85. The van der Waals surface area contributed by atoms with Crippen molar-refractivity contribution in [2.24, 2.45) is 0 Å². The van der Waals surface area contributed by atoms with Gasteiger partial charge in [0.05, 0.1) is 19.4 Å². The molecule has 112 valence electrons. The minimum Gasteiger partial charge on any atom is -0.467 e.